The maximum Gasteiger partial charge on any atom is 0.501 e. The molecule has 0 unspecified atom stereocenters. The fourth-order valence-electron chi connectivity index (χ4n) is 4.03. The van der Waals surface area contributed by atoms with Crippen molar-refractivity contribution in [1.82, 2.24) is 20.1 Å². The number of aromatic nitrogens is 4. The molecule has 0 atom stereocenters. The highest BCUT2D eigenvalue weighted by Gasteiger charge is 2.47. The fourth-order valence-corrected chi connectivity index (χ4v) is 5.75. The molecular formula is C23H21F4N5O4S2. The van der Waals surface area contributed by atoms with Gasteiger partial charge in [-0.15, -0.1) is 11.3 Å². The van der Waals surface area contributed by atoms with Crippen LogP contribution in [0.2, 0.25) is 0 Å². The van der Waals surface area contributed by atoms with Crippen LogP contribution >= 0.6 is 11.3 Å². The quantitative estimate of drug-likeness (QED) is 0.283. The number of hydrogen-bond donors (Lipinski definition) is 0. The Morgan fingerprint density at radius 3 is 2.53 bits per heavy atom. The number of sulfone groups is 1. The standard InChI is InChI=1S/C23H21F4N5O4S2/c1-12(2)20-30-22(36-31-20)32-7-5-13(6-8-32)35-21-19-18(28-11-29-21)16(10-37-19)15-4-3-14(9-17(15)24)38(33,34)23(25,26)27/h3-4,9-13H,5-8H2,1-2H3. The van der Waals surface area contributed by atoms with E-state index in [0.717, 1.165) is 12.1 Å². The minimum Gasteiger partial charge on any atom is -0.473 e. The van der Waals surface area contributed by atoms with Crippen LogP contribution in [0.3, 0.4) is 0 Å². The number of anilines is 1. The van der Waals surface area contributed by atoms with Gasteiger partial charge in [0.25, 0.3) is 9.84 Å². The van der Waals surface area contributed by atoms with Crippen LogP contribution in [0, 0.1) is 5.82 Å². The van der Waals surface area contributed by atoms with Crippen molar-refractivity contribution < 1.29 is 35.2 Å². The first-order chi connectivity index (χ1) is 18.0. The van der Waals surface area contributed by atoms with Gasteiger partial charge in [-0.2, -0.15) is 18.2 Å². The van der Waals surface area contributed by atoms with Crippen LogP contribution in [0.5, 0.6) is 5.88 Å². The number of benzene rings is 1. The third-order valence-electron chi connectivity index (χ3n) is 6.10. The van der Waals surface area contributed by atoms with E-state index in [1.807, 2.05) is 18.7 Å². The summed E-state index contributed by atoms with van der Waals surface area (Å²) in [7, 11) is -5.67. The van der Waals surface area contributed by atoms with Gasteiger partial charge in [-0.3, -0.25) is 0 Å². The van der Waals surface area contributed by atoms with Crippen molar-refractivity contribution in [2.24, 2.45) is 0 Å². The smallest absolute Gasteiger partial charge is 0.473 e. The van der Waals surface area contributed by atoms with Gasteiger partial charge in [0, 0.05) is 48.4 Å². The molecule has 0 saturated carbocycles. The number of ether oxygens (including phenoxy) is 1. The van der Waals surface area contributed by atoms with Gasteiger partial charge in [0.1, 0.15) is 22.9 Å². The molecule has 4 aromatic rings. The summed E-state index contributed by atoms with van der Waals surface area (Å²) in [5, 5.41) is 5.57. The Morgan fingerprint density at radius 1 is 1.16 bits per heavy atom. The Hall–Kier alpha value is -3.33. The van der Waals surface area contributed by atoms with Crippen molar-refractivity contribution in [3.8, 4) is 17.0 Å². The number of alkyl halides is 3. The Bertz CT molecular complexity index is 1580. The highest BCUT2D eigenvalue weighted by Crippen LogP contribution is 2.39. The van der Waals surface area contributed by atoms with Gasteiger partial charge in [-0.1, -0.05) is 25.1 Å². The van der Waals surface area contributed by atoms with E-state index in [1.165, 1.54) is 17.7 Å². The second-order valence-electron chi connectivity index (χ2n) is 8.99. The lowest BCUT2D eigenvalue weighted by molar-refractivity contribution is -0.0436. The SMILES string of the molecule is CC(C)c1noc(N2CCC(Oc3ncnc4c(-c5ccc(S(=O)(=O)C(F)(F)F)cc5F)csc34)CC2)n1. The van der Waals surface area contributed by atoms with Crippen LogP contribution in [-0.2, 0) is 9.84 Å². The van der Waals surface area contributed by atoms with E-state index in [1.54, 1.807) is 5.38 Å². The van der Waals surface area contributed by atoms with Crippen LogP contribution in [0.1, 0.15) is 38.4 Å². The molecule has 1 aromatic carbocycles. The molecule has 15 heteroatoms. The van der Waals surface area contributed by atoms with Crippen LogP contribution in [0.4, 0.5) is 23.6 Å². The summed E-state index contributed by atoms with van der Waals surface area (Å²) in [5.41, 5.74) is -4.99. The number of nitrogens with zero attached hydrogens (tertiary/aromatic N) is 5. The largest absolute Gasteiger partial charge is 0.501 e. The highest BCUT2D eigenvalue weighted by molar-refractivity contribution is 7.92. The first-order valence-corrected chi connectivity index (χ1v) is 13.9. The Balaban J connectivity index is 1.34. The van der Waals surface area contributed by atoms with Crippen LogP contribution in [0.25, 0.3) is 21.3 Å². The minimum atomic E-state index is -5.67. The second kappa shape index (κ2) is 9.76. The Labute approximate surface area is 218 Å². The zero-order valence-corrected chi connectivity index (χ0v) is 21.7. The predicted molar refractivity (Wildman–Crippen MR) is 130 cm³/mol. The van der Waals surface area contributed by atoms with Gasteiger partial charge in [-0.25, -0.2) is 22.8 Å². The molecule has 202 valence electrons. The zero-order valence-electron chi connectivity index (χ0n) is 20.1. The molecule has 5 rings (SSSR count). The van der Waals surface area contributed by atoms with Crippen molar-refractivity contribution in [2.75, 3.05) is 18.0 Å². The monoisotopic (exact) mass is 571 g/mol. The Morgan fingerprint density at radius 2 is 1.89 bits per heavy atom. The molecule has 1 saturated heterocycles. The van der Waals surface area contributed by atoms with Crippen molar-refractivity contribution in [3.05, 3.63) is 41.5 Å². The number of halogens is 4. The summed E-state index contributed by atoms with van der Waals surface area (Å²) in [6.07, 6.45) is 2.42. The molecule has 0 bridgehead atoms. The molecular weight excluding hydrogens is 550 g/mol. The van der Waals surface area contributed by atoms with Crippen molar-refractivity contribution >= 4 is 37.4 Å². The molecule has 1 aliphatic rings. The predicted octanol–water partition coefficient (Wildman–Crippen LogP) is 5.35. The molecule has 4 heterocycles. The van der Waals surface area contributed by atoms with Gasteiger partial charge in [0.05, 0.1) is 10.4 Å². The Kier molecular flexibility index (Phi) is 6.75. The number of thiophene rings is 1. The van der Waals surface area contributed by atoms with Crippen molar-refractivity contribution in [1.29, 1.82) is 0 Å². The maximum absolute atomic E-state index is 14.8. The van der Waals surface area contributed by atoms with Crippen LogP contribution in [-0.4, -0.2) is 53.2 Å². The van der Waals surface area contributed by atoms with Crippen LogP contribution < -0.4 is 9.64 Å². The summed E-state index contributed by atoms with van der Waals surface area (Å²) in [6.45, 7) is 5.23. The molecule has 0 spiro atoms. The van der Waals surface area contributed by atoms with E-state index >= 15 is 0 Å². The van der Waals surface area contributed by atoms with Gasteiger partial charge in [-0.05, 0) is 12.1 Å². The molecule has 1 aliphatic heterocycles. The number of hydrogen-bond acceptors (Lipinski definition) is 10. The normalized spacial score (nSPS) is 15.5. The topological polar surface area (TPSA) is 111 Å². The van der Waals surface area contributed by atoms with E-state index in [9.17, 15) is 26.0 Å². The molecule has 0 amide bonds. The van der Waals surface area contributed by atoms with Crippen LogP contribution in [0.15, 0.2) is 39.3 Å². The molecule has 0 N–H and O–H groups in total. The average Bonchev–Trinajstić information content (AvgIpc) is 3.52. The first kappa shape index (κ1) is 26.3. The lowest BCUT2D eigenvalue weighted by Crippen LogP contribution is -2.38. The maximum atomic E-state index is 14.8. The highest BCUT2D eigenvalue weighted by atomic mass is 32.2. The summed E-state index contributed by atoms with van der Waals surface area (Å²) in [6, 6.07) is 2.55. The third kappa shape index (κ3) is 4.79. The molecule has 0 aliphatic carbocycles. The molecule has 1 fully saturated rings. The summed E-state index contributed by atoms with van der Waals surface area (Å²) in [4.78, 5) is 13.7. The molecule has 38 heavy (non-hydrogen) atoms. The second-order valence-corrected chi connectivity index (χ2v) is 11.8. The summed E-state index contributed by atoms with van der Waals surface area (Å²) in [5.74, 6) is -0.0155. The van der Waals surface area contributed by atoms with Gasteiger partial charge < -0.3 is 14.2 Å². The number of piperidine rings is 1. The van der Waals surface area contributed by atoms with E-state index in [-0.39, 0.29) is 23.1 Å². The minimum absolute atomic E-state index is 0.0874. The fraction of sp³-hybridized carbons (Fsp3) is 0.391. The zero-order chi connectivity index (χ0) is 27.2. The van der Waals surface area contributed by atoms with E-state index < -0.39 is 26.1 Å². The molecule has 0 radical (unpaired) electrons. The first-order valence-electron chi connectivity index (χ1n) is 11.5. The lowest BCUT2D eigenvalue weighted by atomic mass is 10.1. The summed E-state index contributed by atoms with van der Waals surface area (Å²) < 4.78 is 88.7. The average molecular weight is 572 g/mol. The van der Waals surface area contributed by atoms with E-state index in [0.29, 0.717) is 59.9 Å². The number of rotatable bonds is 6. The van der Waals surface area contributed by atoms with E-state index in [2.05, 4.69) is 20.1 Å². The van der Waals surface area contributed by atoms with E-state index in [4.69, 9.17) is 9.26 Å². The van der Waals surface area contributed by atoms with Gasteiger partial charge in [0.2, 0.25) is 5.88 Å². The van der Waals surface area contributed by atoms with Gasteiger partial charge >= 0.3 is 11.5 Å². The lowest BCUT2D eigenvalue weighted by Gasteiger charge is -2.30. The summed E-state index contributed by atoms with van der Waals surface area (Å²) >= 11 is 1.19. The van der Waals surface area contributed by atoms with Crippen molar-refractivity contribution in [3.63, 3.8) is 0 Å². The van der Waals surface area contributed by atoms with Crippen molar-refractivity contribution in [2.45, 2.75) is 49.1 Å². The molecule has 3 aromatic heterocycles. The number of fused-ring (bicyclic) bond motifs is 1. The molecule has 9 nitrogen and oxygen atoms in total. The van der Waals surface area contributed by atoms with Gasteiger partial charge in [0.15, 0.2) is 5.82 Å². The third-order valence-corrected chi connectivity index (χ3v) is 8.55.